The third-order valence-corrected chi connectivity index (χ3v) is 3.78. The number of aryl methyl sites for hydroxylation is 1. The standard InChI is InChI=1S/C15H20FNO2/c1-11-2-3-13(8-14(11)16)15(19)5-7-17-6-4-12(9-17)10-18/h2-3,8,12,18H,4-7,9-10H2,1H3. The lowest BCUT2D eigenvalue weighted by Crippen LogP contribution is -2.24. The summed E-state index contributed by atoms with van der Waals surface area (Å²) in [6.45, 7) is 4.37. The van der Waals surface area contributed by atoms with E-state index in [1.165, 1.54) is 6.07 Å². The summed E-state index contributed by atoms with van der Waals surface area (Å²) in [6, 6.07) is 4.64. The maximum Gasteiger partial charge on any atom is 0.164 e. The van der Waals surface area contributed by atoms with E-state index in [9.17, 15) is 9.18 Å². The minimum atomic E-state index is -0.327. The maximum absolute atomic E-state index is 13.4. The number of rotatable bonds is 5. The molecule has 0 radical (unpaired) electrons. The Morgan fingerprint density at radius 2 is 2.32 bits per heavy atom. The molecule has 0 saturated carbocycles. The second-order valence-corrected chi connectivity index (χ2v) is 5.28. The van der Waals surface area contributed by atoms with Crippen molar-refractivity contribution < 1.29 is 14.3 Å². The predicted octanol–water partition coefficient (Wildman–Crippen LogP) is 2.02. The molecule has 4 heteroatoms. The van der Waals surface area contributed by atoms with Crippen molar-refractivity contribution in [3.8, 4) is 0 Å². The number of hydrogen-bond donors (Lipinski definition) is 1. The molecule has 2 rings (SSSR count). The average molecular weight is 265 g/mol. The highest BCUT2D eigenvalue weighted by molar-refractivity contribution is 5.96. The molecule has 1 aromatic carbocycles. The van der Waals surface area contributed by atoms with Crippen LogP contribution in [0.2, 0.25) is 0 Å². The maximum atomic E-state index is 13.4. The van der Waals surface area contributed by atoms with Crippen LogP contribution in [0, 0.1) is 18.7 Å². The molecule has 3 nitrogen and oxygen atoms in total. The number of likely N-dealkylation sites (tertiary alicyclic amines) is 1. The molecule has 1 heterocycles. The van der Waals surface area contributed by atoms with E-state index in [1.807, 2.05) is 0 Å². The van der Waals surface area contributed by atoms with Gasteiger partial charge in [0.15, 0.2) is 5.78 Å². The topological polar surface area (TPSA) is 40.5 Å². The van der Waals surface area contributed by atoms with Crippen LogP contribution in [0.15, 0.2) is 18.2 Å². The fraction of sp³-hybridized carbons (Fsp3) is 0.533. The van der Waals surface area contributed by atoms with Crippen molar-refractivity contribution in [1.29, 1.82) is 0 Å². The van der Waals surface area contributed by atoms with Crippen molar-refractivity contribution in [1.82, 2.24) is 4.90 Å². The molecule has 1 unspecified atom stereocenters. The van der Waals surface area contributed by atoms with Crippen molar-refractivity contribution in [3.63, 3.8) is 0 Å². The summed E-state index contributed by atoms with van der Waals surface area (Å²) in [5.74, 6) is -0.00867. The van der Waals surface area contributed by atoms with Crippen molar-refractivity contribution in [2.45, 2.75) is 19.8 Å². The summed E-state index contributed by atoms with van der Waals surface area (Å²) in [6.07, 6.45) is 1.39. The Labute approximate surface area is 113 Å². The van der Waals surface area contributed by atoms with E-state index in [1.54, 1.807) is 19.1 Å². The van der Waals surface area contributed by atoms with Gasteiger partial charge in [-0.25, -0.2) is 4.39 Å². The van der Waals surface area contributed by atoms with Crippen LogP contribution in [0.25, 0.3) is 0 Å². The molecule has 1 aliphatic rings. The number of Topliss-reactive ketones (excluding diaryl/α,β-unsaturated/α-hetero) is 1. The summed E-state index contributed by atoms with van der Waals surface area (Å²) >= 11 is 0. The first-order chi connectivity index (χ1) is 9.10. The summed E-state index contributed by atoms with van der Waals surface area (Å²) in [5, 5.41) is 9.06. The van der Waals surface area contributed by atoms with Crippen LogP contribution in [0.5, 0.6) is 0 Å². The van der Waals surface area contributed by atoms with Gasteiger partial charge < -0.3 is 10.0 Å². The zero-order valence-electron chi connectivity index (χ0n) is 11.2. The first-order valence-corrected chi connectivity index (χ1v) is 6.72. The Morgan fingerprint density at radius 3 is 2.95 bits per heavy atom. The van der Waals surface area contributed by atoms with Crippen LogP contribution in [0.1, 0.15) is 28.8 Å². The monoisotopic (exact) mass is 265 g/mol. The van der Waals surface area contributed by atoms with Crippen LogP contribution in [0.4, 0.5) is 4.39 Å². The normalized spacial score (nSPS) is 19.8. The lowest BCUT2D eigenvalue weighted by atomic mass is 10.1. The highest BCUT2D eigenvalue weighted by Crippen LogP contribution is 2.16. The number of aliphatic hydroxyl groups is 1. The van der Waals surface area contributed by atoms with Gasteiger partial charge in [-0.3, -0.25) is 4.79 Å². The van der Waals surface area contributed by atoms with Crippen molar-refractivity contribution >= 4 is 5.78 Å². The number of hydrogen-bond acceptors (Lipinski definition) is 3. The van der Waals surface area contributed by atoms with Gasteiger partial charge in [0, 0.05) is 31.7 Å². The quantitative estimate of drug-likeness (QED) is 0.828. The van der Waals surface area contributed by atoms with Crippen LogP contribution in [-0.4, -0.2) is 42.0 Å². The molecular formula is C15H20FNO2. The van der Waals surface area contributed by atoms with Gasteiger partial charge in [-0.2, -0.15) is 0 Å². The van der Waals surface area contributed by atoms with Crippen molar-refractivity contribution in [3.05, 3.63) is 35.1 Å². The van der Waals surface area contributed by atoms with Gasteiger partial charge >= 0.3 is 0 Å². The van der Waals surface area contributed by atoms with Crippen molar-refractivity contribution in [2.24, 2.45) is 5.92 Å². The van der Waals surface area contributed by atoms with E-state index < -0.39 is 0 Å². The number of benzene rings is 1. The highest BCUT2D eigenvalue weighted by atomic mass is 19.1. The van der Waals surface area contributed by atoms with Crippen LogP contribution in [-0.2, 0) is 0 Å². The Kier molecular flexibility index (Phi) is 4.66. The Balaban J connectivity index is 1.86. The molecule has 0 aromatic heterocycles. The van der Waals surface area contributed by atoms with Gasteiger partial charge in [0.25, 0.3) is 0 Å². The van der Waals surface area contributed by atoms with E-state index >= 15 is 0 Å². The lowest BCUT2D eigenvalue weighted by molar-refractivity contribution is 0.0967. The van der Waals surface area contributed by atoms with Gasteiger partial charge in [-0.05, 0) is 37.4 Å². The van der Waals surface area contributed by atoms with Crippen LogP contribution < -0.4 is 0 Å². The SMILES string of the molecule is Cc1ccc(C(=O)CCN2CCC(CO)C2)cc1F. The van der Waals surface area contributed by atoms with E-state index in [-0.39, 0.29) is 18.2 Å². The van der Waals surface area contributed by atoms with Crippen LogP contribution in [0.3, 0.4) is 0 Å². The third kappa shape index (κ3) is 3.61. The fourth-order valence-corrected chi connectivity index (χ4v) is 2.44. The summed E-state index contributed by atoms with van der Waals surface area (Å²) in [7, 11) is 0. The summed E-state index contributed by atoms with van der Waals surface area (Å²) in [4.78, 5) is 14.2. The lowest BCUT2D eigenvalue weighted by Gasteiger charge is -2.14. The Morgan fingerprint density at radius 1 is 1.53 bits per heavy atom. The van der Waals surface area contributed by atoms with Gasteiger partial charge in [-0.15, -0.1) is 0 Å². The third-order valence-electron chi connectivity index (χ3n) is 3.78. The Hall–Kier alpha value is -1.26. The number of aliphatic hydroxyl groups excluding tert-OH is 1. The highest BCUT2D eigenvalue weighted by Gasteiger charge is 2.22. The number of ketones is 1. The predicted molar refractivity (Wildman–Crippen MR) is 71.7 cm³/mol. The molecular weight excluding hydrogens is 245 g/mol. The van der Waals surface area contributed by atoms with Crippen LogP contribution >= 0.6 is 0 Å². The first-order valence-electron chi connectivity index (χ1n) is 6.72. The molecule has 1 fully saturated rings. The number of carbonyl (C=O) groups is 1. The fourth-order valence-electron chi connectivity index (χ4n) is 2.44. The zero-order valence-corrected chi connectivity index (χ0v) is 11.2. The zero-order chi connectivity index (χ0) is 13.8. The van der Waals surface area contributed by atoms with Gasteiger partial charge in [0.05, 0.1) is 0 Å². The van der Waals surface area contributed by atoms with Crippen molar-refractivity contribution in [2.75, 3.05) is 26.2 Å². The van der Waals surface area contributed by atoms with E-state index in [0.29, 0.717) is 30.0 Å². The molecule has 1 aliphatic heterocycles. The molecule has 0 aliphatic carbocycles. The van der Waals surface area contributed by atoms with E-state index in [2.05, 4.69) is 4.90 Å². The summed E-state index contributed by atoms with van der Waals surface area (Å²) < 4.78 is 13.4. The van der Waals surface area contributed by atoms with Gasteiger partial charge in [-0.1, -0.05) is 12.1 Å². The average Bonchev–Trinajstić information content (AvgIpc) is 2.87. The molecule has 0 spiro atoms. The second kappa shape index (κ2) is 6.26. The molecule has 1 aromatic rings. The van der Waals surface area contributed by atoms with Gasteiger partial charge in [0.1, 0.15) is 5.82 Å². The molecule has 104 valence electrons. The minimum Gasteiger partial charge on any atom is -0.396 e. The second-order valence-electron chi connectivity index (χ2n) is 5.28. The van der Waals surface area contributed by atoms with Gasteiger partial charge in [0.2, 0.25) is 0 Å². The molecule has 1 N–H and O–H groups in total. The number of nitrogens with zero attached hydrogens (tertiary/aromatic N) is 1. The molecule has 1 atom stereocenters. The number of carbonyl (C=O) groups excluding carboxylic acids is 1. The first kappa shape index (κ1) is 14.2. The molecule has 1 saturated heterocycles. The number of halogens is 1. The largest absolute Gasteiger partial charge is 0.396 e. The molecule has 0 amide bonds. The smallest absolute Gasteiger partial charge is 0.164 e. The van der Waals surface area contributed by atoms with E-state index in [4.69, 9.17) is 5.11 Å². The minimum absolute atomic E-state index is 0.0219. The molecule has 19 heavy (non-hydrogen) atoms. The summed E-state index contributed by atoms with van der Waals surface area (Å²) in [5.41, 5.74) is 1.00. The van der Waals surface area contributed by atoms with E-state index in [0.717, 1.165) is 19.5 Å². The molecule has 0 bridgehead atoms. The Bertz CT molecular complexity index is 461.